The maximum atomic E-state index is 12.9. The number of fused-ring (bicyclic) bond motifs is 1. The molecule has 0 aliphatic rings. The number of aromatic nitrogens is 2. The SMILES string of the molecule is Cc1cc(C)c(C(=O)/C=C/c2c(-c3ccccc3)nc3sccn23)c(C)c1. The fourth-order valence-electron chi connectivity index (χ4n) is 3.58. The Bertz CT molecular complexity index is 1140. The highest BCUT2D eigenvalue weighted by Crippen LogP contribution is 2.28. The molecule has 0 aliphatic heterocycles. The maximum absolute atomic E-state index is 12.9. The molecule has 0 saturated heterocycles. The van der Waals surface area contributed by atoms with Gasteiger partial charge in [-0.05, 0) is 44.1 Å². The predicted molar refractivity (Wildman–Crippen MR) is 113 cm³/mol. The third kappa shape index (κ3) is 3.24. The first-order valence-corrected chi connectivity index (χ1v) is 9.74. The third-order valence-corrected chi connectivity index (χ3v) is 5.42. The second-order valence-corrected chi connectivity index (χ2v) is 7.61. The Morgan fingerprint density at radius 3 is 2.48 bits per heavy atom. The molecule has 0 bridgehead atoms. The molecule has 134 valence electrons. The number of hydrogen-bond acceptors (Lipinski definition) is 3. The van der Waals surface area contributed by atoms with E-state index >= 15 is 0 Å². The Morgan fingerprint density at radius 2 is 1.78 bits per heavy atom. The maximum Gasteiger partial charge on any atom is 0.194 e. The molecule has 0 unspecified atom stereocenters. The van der Waals surface area contributed by atoms with Crippen LogP contribution in [0.25, 0.3) is 22.3 Å². The van der Waals surface area contributed by atoms with Gasteiger partial charge in [-0.3, -0.25) is 9.20 Å². The minimum absolute atomic E-state index is 0.0224. The fourth-order valence-corrected chi connectivity index (χ4v) is 4.30. The second-order valence-electron chi connectivity index (χ2n) is 6.74. The predicted octanol–water partition coefficient (Wildman–Crippen LogP) is 5.88. The summed E-state index contributed by atoms with van der Waals surface area (Å²) in [5, 5.41) is 2.00. The summed E-state index contributed by atoms with van der Waals surface area (Å²) in [6, 6.07) is 14.2. The smallest absolute Gasteiger partial charge is 0.194 e. The molecular weight excluding hydrogens is 352 g/mol. The number of thiazole rings is 1. The van der Waals surface area contributed by atoms with Gasteiger partial charge in [0, 0.05) is 22.7 Å². The fraction of sp³-hybridized carbons (Fsp3) is 0.130. The minimum Gasteiger partial charge on any atom is -0.290 e. The van der Waals surface area contributed by atoms with Crippen molar-refractivity contribution in [2.75, 3.05) is 0 Å². The van der Waals surface area contributed by atoms with Crippen molar-refractivity contribution in [2.24, 2.45) is 0 Å². The molecule has 4 heteroatoms. The van der Waals surface area contributed by atoms with Crippen molar-refractivity contribution in [3.63, 3.8) is 0 Å². The summed E-state index contributed by atoms with van der Waals surface area (Å²) in [6.45, 7) is 6.04. The number of hydrogen-bond donors (Lipinski definition) is 0. The molecule has 0 N–H and O–H groups in total. The van der Waals surface area contributed by atoms with E-state index < -0.39 is 0 Å². The van der Waals surface area contributed by atoms with E-state index in [9.17, 15) is 4.79 Å². The molecule has 27 heavy (non-hydrogen) atoms. The molecule has 4 aromatic rings. The van der Waals surface area contributed by atoms with Crippen LogP contribution in [0.15, 0.2) is 60.1 Å². The van der Waals surface area contributed by atoms with E-state index in [1.54, 1.807) is 17.4 Å². The number of allylic oxidation sites excluding steroid dienone is 1. The van der Waals surface area contributed by atoms with Crippen molar-refractivity contribution in [3.8, 4) is 11.3 Å². The number of carbonyl (C=O) groups excluding carboxylic acids is 1. The average Bonchev–Trinajstić information content (AvgIpc) is 3.21. The van der Waals surface area contributed by atoms with Crippen LogP contribution in [0.5, 0.6) is 0 Å². The number of imidazole rings is 1. The quantitative estimate of drug-likeness (QED) is 0.331. The van der Waals surface area contributed by atoms with Crippen LogP contribution >= 0.6 is 11.3 Å². The Morgan fingerprint density at radius 1 is 1.07 bits per heavy atom. The van der Waals surface area contributed by atoms with E-state index in [-0.39, 0.29) is 5.78 Å². The summed E-state index contributed by atoms with van der Waals surface area (Å²) in [5.74, 6) is 0.0224. The van der Waals surface area contributed by atoms with E-state index in [0.29, 0.717) is 0 Å². The van der Waals surface area contributed by atoms with Crippen LogP contribution in [0.4, 0.5) is 0 Å². The number of aryl methyl sites for hydroxylation is 3. The van der Waals surface area contributed by atoms with Crippen LogP contribution in [0, 0.1) is 20.8 Å². The molecule has 0 fully saturated rings. The summed E-state index contributed by atoms with van der Waals surface area (Å²) >= 11 is 1.59. The lowest BCUT2D eigenvalue weighted by Gasteiger charge is -2.08. The summed E-state index contributed by atoms with van der Waals surface area (Å²) in [7, 11) is 0. The molecule has 0 amide bonds. The van der Waals surface area contributed by atoms with Crippen LogP contribution in [0.1, 0.15) is 32.7 Å². The third-order valence-electron chi connectivity index (χ3n) is 4.66. The van der Waals surface area contributed by atoms with Gasteiger partial charge in [0.05, 0.1) is 11.4 Å². The highest BCUT2D eigenvalue weighted by molar-refractivity contribution is 7.15. The molecule has 0 spiro atoms. The molecule has 2 aromatic heterocycles. The van der Waals surface area contributed by atoms with Crippen LogP contribution in [0.2, 0.25) is 0 Å². The molecule has 2 heterocycles. The van der Waals surface area contributed by atoms with Gasteiger partial charge < -0.3 is 0 Å². The Kier molecular flexibility index (Phi) is 4.50. The summed E-state index contributed by atoms with van der Waals surface area (Å²) in [5.41, 5.74) is 6.84. The topological polar surface area (TPSA) is 34.4 Å². The second kappa shape index (κ2) is 6.97. The van der Waals surface area contributed by atoms with E-state index in [0.717, 1.165) is 38.6 Å². The van der Waals surface area contributed by atoms with E-state index in [2.05, 4.69) is 19.1 Å². The van der Waals surface area contributed by atoms with Gasteiger partial charge in [-0.15, -0.1) is 11.3 Å². The standard InChI is InChI=1S/C23H20N2OS/c1-15-13-16(2)21(17(3)14-15)20(26)10-9-19-22(18-7-5-4-6-8-18)24-23-25(19)11-12-27-23/h4-14H,1-3H3/b10-9+. The lowest BCUT2D eigenvalue weighted by Crippen LogP contribution is -2.02. The van der Waals surface area contributed by atoms with Crippen molar-refractivity contribution < 1.29 is 4.79 Å². The first-order chi connectivity index (χ1) is 13.0. The first-order valence-electron chi connectivity index (χ1n) is 8.86. The number of rotatable bonds is 4. The molecule has 2 aromatic carbocycles. The highest BCUT2D eigenvalue weighted by atomic mass is 32.1. The number of nitrogens with zero attached hydrogens (tertiary/aromatic N) is 2. The van der Waals surface area contributed by atoms with Gasteiger partial charge in [0.1, 0.15) is 0 Å². The lowest BCUT2D eigenvalue weighted by molar-refractivity contribution is 0.104. The van der Waals surface area contributed by atoms with Gasteiger partial charge in [-0.2, -0.15) is 0 Å². The highest BCUT2D eigenvalue weighted by Gasteiger charge is 2.14. The monoisotopic (exact) mass is 372 g/mol. The molecular formula is C23H20N2OS. The van der Waals surface area contributed by atoms with Gasteiger partial charge >= 0.3 is 0 Å². The first kappa shape index (κ1) is 17.4. The van der Waals surface area contributed by atoms with Gasteiger partial charge in [0.2, 0.25) is 0 Å². The summed E-state index contributed by atoms with van der Waals surface area (Å²) < 4.78 is 2.03. The zero-order valence-corrected chi connectivity index (χ0v) is 16.4. The van der Waals surface area contributed by atoms with Crippen molar-refractivity contribution in [1.82, 2.24) is 9.38 Å². The van der Waals surface area contributed by atoms with Gasteiger partial charge in [0.15, 0.2) is 10.7 Å². The summed E-state index contributed by atoms with van der Waals surface area (Å²) in [4.78, 5) is 18.6. The van der Waals surface area contributed by atoms with E-state index in [4.69, 9.17) is 4.98 Å². The molecule has 0 radical (unpaired) electrons. The molecule has 0 aliphatic carbocycles. The summed E-state index contributed by atoms with van der Waals surface area (Å²) in [6.07, 6.45) is 5.54. The van der Waals surface area contributed by atoms with E-state index in [1.165, 1.54) is 5.56 Å². The zero-order chi connectivity index (χ0) is 19.0. The van der Waals surface area contributed by atoms with Gasteiger partial charge in [0.25, 0.3) is 0 Å². The van der Waals surface area contributed by atoms with Crippen molar-refractivity contribution in [3.05, 3.63) is 88.1 Å². The van der Waals surface area contributed by atoms with Crippen LogP contribution in [0.3, 0.4) is 0 Å². The number of ketones is 1. The lowest BCUT2D eigenvalue weighted by atomic mass is 9.96. The number of benzene rings is 2. The van der Waals surface area contributed by atoms with Crippen molar-refractivity contribution in [1.29, 1.82) is 0 Å². The molecule has 4 rings (SSSR count). The average molecular weight is 372 g/mol. The van der Waals surface area contributed by atoms with Crippen LogP contribution in [-0.4, -0.2) is 15.2 Å². The Hall–Kier alpha value is -2.98. The normalized spacial score (nSPS) is 11.5. The number of carbonyl (C=O) groups is 1. The van der Waals surface area contributed by atoms with Crippen molar-refractivity contribution in [2.45, 2.75) is 20.8 Å². The zero-order valence-electron chi connectivity index (χ0n) is 15.6. The Labute approximate surface area is 162 Å². The molecule has 0 saturated carbocycles. The molecule has 3 nitrogen and oxygen atoms in total. The minimum atomic E-state index is 0.0224. The largest absolute Gasteiger partial charge is 0.290 e. The van der Waals surface area contributed by atoms with Crippen LogP contribution in [-0.2, 0) is 0 Å². The van der Waals surface area contributed by atoms with E-state index in [1.807, 2.05) is 66.2 Å². The molecule has 0 atom stereocenters. The van der Waals surface area contributed by atoms with Gasteiger partial charge in [-0.25, -0.2) is 4.98 Å². The van der Waals surface area contributed by atoms with Crippen LogP contribution < -0.4 is 0 Å². The van der Waals surface area contributed by atoms with Gasteiger partial charge in [-0.1, -0.05) is 48.0 Å². The Balaban J connectivity index is 1.78. The van der Waals surface area contributed by atoms with Crippen molar-refractivity contribution >= 4 is 28.2 Å².